The van der Waals surface area contributed by atoms with Crippen LogP contribution >= 0.6 is 0 Å². The smallest absolute Gasteiger partial charge is 0.855 e. The Morgan fingerprint density at radius 3 is 1.50 bits per heavy atom. The molecule has 0 saturated carbocycles. The third kappa shape index (κ3) is 124. The molecule has 0 fully saturated rings. The molecule has 0 aromatic carbocycles. The number of hydrogen-bond acceptors (Lipinski definition) is 1. The molecule has 6 heavy (non-hydrogen) atoms. The Labute approximate surface area is 55.9 Å². The van der Waals surface area contributed by atoms with Gasteiger partial charge >= 0.3 is 23.1 Å². The molecule has 0 aromatic heterocycles. The molecule has 1 nitrogen and oxygen atoms in total. The molecule has 0 heterocycles. The third-order valence-electron chi connectivity index (χ3n) is 0. The summed E-state index contributed by atoms with van der Waals surface area (Å²) in [5.41, 5.74) is 0. The summed E-state index contributed by atoms with van der Waals surface area (Å²) in [6.45, 7) is 6.57. The van der Waals surface area contributed by atoms with Crippen LogP contribution in [0.2, 0.25) is 0 Å². The maximum Gasteiger partial charge on any atom is 2.00 e. The Kier molecular flexibility index (Phi) is 114. The maximum atomic E-state index is 8.93. The fourth-order valence-electron chi connectivity index (χ4n) is 0. The molecular weight excluding hydrogens is 88.3 g/mol. The first kappa shape index (κ1) is 15.9. The van der Waals surface area contributed by atoms with Gasteiger partial charge < -0.3 is 12.0 Å². The average Bonchev–Trinajstić information content (AvgIpc) is 1.46. The largest absolute Gasteiger partial charge is 2.00 e. The van der Waals surface area contributed by atoms with E-state index in [0.29, 0.717) is 0 Å². The van der Waals surface area contributed by atoms with Crippen molar-refractivity contribution in [2.75, 3.05) is 6.61 Å². The van der Waals surface area contributed by atoms with E-state index in [0.717, 1.165) is 0 Å². The van der Waals surface area contributed by atoms with E-state index in [-0.39, 0.29) is 29.7 Å². The molecule has 0 atom stereocenters. The molecule has 0 aliphatic carbocycles. The first-order chi connectivity index (χ1) is 2.41. The standard InChI is InChI=1S/C2H5O.C2H5.Mg/c1-2-3;1-2;/h2H2,1H3;1H2,2H3;/q2*-1;+2. The van der Waals surface area contributed by atoms with E-state index in [9.17, 15) is 0 Å². The number of rotatable bonds is 0. The topological polar surface area (TPSA) is 23.1 Å². The molecule has 0 rings (SSSR count). The SMILES string of the molecule is CC[O-].[CH2-]C.[Mg+2]. The van der Waals surface area contributed by atoms with Crippen LogP contribution in [0.15, 0.2) is 0 Å². The summed E-state index contributed by atoms with van der Waals surface area (Å²) >= 11 is 0. The zero-order valence-corrected chi connectivity index (χ0v) is 5.94. The fourth-order valence-corrected chi connectivity index (χ4v) is 0. The molecule has 0 unspecified atom stereocenters. The van der Waals surface area contributed by atoms with E-state index in [2.05, 4.69) is 6.92 Å². The molecule has 0 spiro atoms. The van der Waals surface area contributed by atoms with Gasteiger partial charge in [-0.3, -0.25) is 0 Å². The molecule has 34 valence electrons. The van der Waals surface area contributed by atoms with Crippen LogP contribution in [0, 0.1) is 6.92 Å². The van der Waals surface area contributed by atoms with Crippen molar-refractivity contribution in [3.63, 3.8) is 0 Å². The molecule has 0 aromatic rings. The van der Waals surface area contributed by atoms with Gasteiger partial charge in [-0.05, 0) is 0 Å². The van der Waals surface area contributed by atoms with Crippen molar-refractivity contribution in [1.82, 2.24) is 0 Å². The summed E-state index contributed by atoms with van der Waals surface area (Å²) in [7, 11) is 0. The Bertz CT molecular complexity index is 7.51. The molecule has 0 N–H and O–H groups in total. The third-order valence-corrected chi connectivity index (χ3v) is 0. The predicted octanol–water partition coefficient (Wildman–Crippen LogP) is -0.174. The molecule has 2 heteroatoms. The summed E-state index contributed by atoms with van der Waals surface area (Å²) in [6, 6.07) is 0. The van der Waals surface area contributed by atoms with E-state index in [1.165, 1.54) is 0 Å². The first-order valence-electron chi connectivity index (χ1n) is 1.70. The molecule has 0 aliphatic rings. The van der Waals surface area contributed by atoms with E-state index < -0.39 is 0 Å². The summed E-state index contributed by atoms with van der Waals surface area (Å²) in [4.78, 5) is 0. The van der Waals surface area contributed by atoms with Crippen molar-refractivity contribution in [3.05, 3.63) is 6.92 Å². The van der Waals surface area contributed by atoms with E-state index >= 15 is 0 Å². The number of hydrogen-bond donors (Lipinski definition) is 0. The second-order valence-electron chi connectivity index (χ2n) is 0.289. The summed E-state index contributed by atoms with van der Waals surface area (Å²) < 4.78 is 0. The van der Waals surface area contributed by atoms with Crippen molar-refractivity contribution in [2.24, 2.45) is 0 Å². The second kappa shape index (κ2) is 42.9. The summed E-state index contributed by atoms with van der Waals surface area (Å²) in [5, 5.41) is 8.93. The minimum Gasteiger partial charge on any atom is -0.855 e. The molecule has 0 radical (unpaired) electrons. The van der Waals surface area contributed by atoms with Gasteiger partial charge in [0.25, 0.3) is 0 Å². The van der Waals surface area contributed by atoms with Crippen molar-refractivity contribution >= 4 is 23.1 Å². The van der Waals surface area contributed by atoms with Gasteiger partial charge in [0, 0.05) is 0 Å². The Hall–Kier alpha value is 0.726. The van der Waals surface area contributed by atoms with Gasteiger partial charge in [-0.2, -0.15) is 6.92 Å². The van der Waals surface area contributed by atoms with Crippen LogP contribution in [0.5, 0.6) is 0 Å². The Morgan fingerprint density at radius 1 is 1.50 bits per heavy atom. The van der Waals surface area contributed by atoms with E-state index in [1.807, 2.05) is 0 Å². The second-order valence-corrected chi connectivity index (χ2v) is 0.289. The van der Waals surface area contributed by atoms with Crippen LogP contribution < -0.4 is 5.11 Å². The van der Waals surface area contributed by atoms with Crippen LogP contribution in [-0.4, -0.2) is 29.7 Å². The van der Waals surface area contributed by atoms with Gasteiger partial charge in [-0.15, -0.1) is 6.61 Å². The Balaban J connectivity index is -0.0000000275. The normalized spacial score (nSPS) is 4.00. The average molecular weight is 98.4 g/mol. The van der Waals surface area contributed by atoms with Crippen LogP contribution in [0.4, 0.5) is 0 Å². The summed E-state index contributed by atoms with van der Waals surface area (Å²) in [5.74, 6) is 0. The minimum atomic E-state index is 0. The van der Waals surface area contributed by atoms with Gasteiger partial charge in [0.2, 0.25) is 0 Å². The van der Waals surface area contributed by atoms with E-state index in [1.54, 1.807) is 13.8 Å². The van der Waals surface area contributed by atoms with Crippen molar-refractivity contribution in [2.45, 2.75) is 13.8 Å². The van der Waals surface area contributed by atoms with E-state index in [4.69, 9.17) is 5.11 Å². The quantitative estimate of drug-likeness (QED) is 0.305. The maximum absolute atomic E-state index is 8.93. The van der Waals surface area contributed by atoms with Gasteiger partial charge in [0.1, 0.15) is 0 Å². The van der Waals surface area contributed by atoms with Crippen LogP contribution in [0.3, 0.4) is 0 Å². The zero-order chi connectivity index (χ0) is 4.71. The van der Waals surface area contributed by atoms with Crippen LogP contribution in [0.25, 0.3) is 0 Å². The molecule has 0 bridgehead atoms. The van der Waals surface area contributed by atoms with Crippen molar-refractivity contribution in [3.8, 4) is 0 Å². The fraction of sp³-hybridized carbons (Fsp3) is 0.750. The van der Waals surface area contributed by atoms with Gasteiger partial charge in [-0.25, -0.2) is 0 Å². The van der Waals surface area contributed by atoms with Crippen LogP contribution in [-0.2, 0) is 0 Å². The van der Waals surface area contributed by atoms with Crippen molar-refractivity contribution < 1.29 is 5.11 Å². The molecule has 0 saturated heterocycles. The van der Waals surface area contributed by atoms with Gasteiger partial charge in [0.05, 0.1) is 0 Å². The molecule has 0 amide bonds. The molecular formula is C4H10MgO. The van der Waals surface area contributed by atoms with Crippen LogP contribution in [0.1, 0.15) is 13.8 Å². The Morgan fingerprint density at radius 2 is 1.50 bits per heavy atom. The minimum absolute atomic E-state index is 0. The summed E-state index contributed by atoms with van der Waals surface area (Å²) in [6.07, 6.45) is 0. The first-order valence-corrected chi connectivity index (χ1v) is 1.70. The zero-order valence-electron chi connectivity index (χ0n) is 4.53. The molecule has 0 aliphatic heterocycles. The van der Waals surface area contributed by atoms with Gasteiger partial charge in [0.15, 0.2) is 0 Å². The predicted molar refractivity (Wildman–Crippen MR) is 27.3 cm³/mol. The van der Waals surface area contributed by atoms with Crippen molar-refractivity contribution in [1.29, 1.82) is 0 Å². The monoisotopic (exact) mass is 98.1 g/mol. The van der Waals surface area contributed by atoms with Gasteiger partial charge in [-0.1, -0.05) is 6.92 Å².